The van der Waals surface area contributed by atoms with Crippen molar-refractivity contribution in [2.45, 2.75) is 0 Å². The molecule has 0 bridgehead atoms. The van der Waals surface area contributed by atoms with E-state index in [1.807, 2.05) is 12.1 Å². The number of benzene rings is 1. The molecule has 3 N–H and O–H groups in total. The minimum Gasteiger partial charge on any atom is -0.506 e. The molecule has 2 amide bonds. The molecule has 0 saturated heterocycles. The zero-order valence-electron chi connectivity index (χ0n) is 12.0. The summed E-state index contributed by atoms with van der Waals surface area (Å²) in [5.74, 6) is -0.0556. The van der Waals surface area contributed by atoms with Gasteiger partial charge in [-0.05, 0) is 41.9 Å². The minimum absolute atomic E-state index is 0.0556. The van der Waals surface area contributed by atoms with Crippen molar-refractivity contribution in [3.8, 4) is 5.75 Å². The summed E-state index contributed by atoms with van der Waals surface area (Å²) in [7, 11) is 1.48. The number of aromatic hydroxyl groups is 1. The summed E-state index contributed by atoms with van der Waals surface area (Å²) in [5, 5.41) is 24.4. The molecule has 0 saturated carbocycles. The number of hydrogen-bond acceptors (Lipinski definition) is 7. The van der Waals surface area contributed by atoms with Gasteiger partial charge >= 0.3 is 6.03 Å². The Balaban J connectivity index is 1.87. The van der Waals surface area contributed by atoms with Crippen LogP contribution in [0.3, 0.4) is 0 Å². The van der Waals surface area contributed by atoms with Crippen molar-refractivity contribution < 1.29 is 9.90 Å². The van der Waals surface area contributed by atoms with Gasteiger partial charge in [0.15, 0.2) is 10.6 Å². The van der Waals surface area contributed by atoms with Crippen LogP contribution in [0.1, 0.15) is 0 Å². The lowest BCUT2D eigenvalue weighted by molar-refractivity contribution is 0.254. The van der Waals surface area contributed by atoms with E-state index in [0.29, 0.717) is 16.3 Å². The fourth-order valence-corrected chi connectivity index (χ4v) is 2.47. The standard InChI is InChI=1S/C14H12N6O2S/c1-15-14(22)17-10-7-8(4-5-11(10)21)18-19-13-9-3-2-6-16-12(9)20-23-13/h2-7,21H,1H3,(H2,15,17,22)/b19-18+. The maximum absolute atomic E-state index is 11.3. The summed E-state index contributed by atoms with van der Waals surface area (Å²) in [6, 6.07) is 7.79. The summed E-state index contributed by atoms with van der Waals surface area (Å²) in [5.41, 5.74) is 1.36. The molecular formula is C14H12N6O2S. The number of carbonyl (C=O) groups is 1. The summed E-state index contributed by atoms with van der Waals surface area (Å²) in [6.07, 6.45) is 1.67. The van der Waals surface area contributed by atoms with E-state index in [1.165, 1.54) is 30.7 Å². The van der Waals surface area contributed by atoms with Crippen LogP contribution in [0.2, 0.25) is 0 Å². The zero-order valence-corrected chi connectivity index (χ0v) is 12.8. The van der Waals surface area contributed by atoms with Crippen molar-refractivity contribution in [3.63, 3.8) is 0 Å². The van der Waals surface area contributed by atoms with E-state index in [-0.39, 0.29) is 11.4 Å². The Kier molecular flexibility index (Phi) is 4.11. The second-order valence-corrected chi connectivity index (χ2v) is 5.22. The molecule has 0 atom stereocenters. The molecule has 0 aliphatic carbocycles. The zero-order chi connectivity index (χ0) is 16.2. The molecule has 0 aliphatic heterocycles. The first kappa shape index (κ1) is 14.9. The van der Waals surface area contributed by atoms with Gasteiger partial charge < -0.3 is 15.7 Å². The van der Waals surface area contributed by atoms with Gasteiger partial charge in [-0.3, -0.25) is 0 Å². The number of phenolic OH excluding ortho intramolecular Hbond substituents is 1. The number of hydrogen-bond donors (Lipinski definition) is 3. The second-order valence-electron chi connectivity index (χ2n) is 4.47. The van der Waals surface area contributed by atoms with Gasteiger partial charge in [-0.2, -0.15) is 4.37 Å². The molecule has 8 nitrogen and oxygen atoms in total. The fourth-order valence-electron chi connectivity index (χ4n) is 1.82. The number of urea groups is 1. The minimum atomic E-state index is -0.436. The largest absolute Gasteiger partial charge is 0.506 e. The number of rotatable bonds is 3. The Morgan fingerprint density at radius 3 is 3.00 bits per heavy atom. The van der Waals surface area contributed by atoms with Crippen molar-refractivity contribution in [2.75, 3.05) is 12.4 Å². The first-order valence-corrected chi connectivity index (χ1v) is 7.38. The molecule has 0 spiro atoms. The molecule has 116 valence electrons. The molecule has 0 unspecified atom stereocenters. The number of carbonyl (C=O) groups excluding carboxylic acids is 1. The second kappa shape index (κ2) is 6.36. The number of aromatic nitrogens is 2. The fraction of sp³-hybridized carbons (Fsp3) is 0.0714. The summed E-state index contributed by atoms with van der Waals surface area (Å²) in [4.78, 5) is 15.5. The molecular weight excluding hydrogens is 316 g/mol. The molecule has 23 heavy (non-hydrogen) atoms. The Morgan fingerprint density at radius 2 is 2.17 bits per heavy atom. The first-order chi connectivity index (χ1) is 11.2. The van der Waals surface area contributed by atoms with Gasteiger partial charge in [0.05, 0.1) is 16.8 Å². The van der Waals surface area contributed by atoms with Crippen LogP contribution in [0.4, 0.5) is 21.2 Å². The van der Waals surface area contributed by atoms with Crippen molar-refractivity contribution in [1.29, 1.82) is 0 Å². The van der Waals surface area contributed by atoms with Crippen molar-refractivity contribution in [1.82, 2.24) is 14.7 Å². The SMILES string of the molecule is CNC(=O)Nc1cc(/N=N/c2snc3ncccc23)ccc1O. The number of nitrogens with zero attached hydrogens (tertiary/aromatic N) is 4. The molecule has 2 aromatic heterocycles. The molecule has 1 aromatic carbocycles. The van der Waals surface area contributed by atoms with E-state index in [0.717, 1.165) is 5.39 Å². The number of anilines is 1. The average Bonchev–Trinajstić information content (AvgIpc) is 2.98. The number of pyridine rings is 1. The van der Waals surface area contributed by atoms with E-state index in [9.17, 15) is 9.90 Å². The highest BCUT2D eigenvalue weighted by Gasteiger charge is 2.07. The smallest absolute Gasteiger partial charge is 0.319 e. The molecule has 9 heteroatoms. The number of phenols is 1. The topological polar surface area (TPSA) is 112 Å². The van der Waals surface area contributed by atoms with Crippen LogP contribution in [0.25, 0.3) is 11.0 Å². The summed E-state index contributed by atoms with van der Waals surface area (Å²) in [6.45, 7) is 0. The third-order valence-electron chi connectivity index (χ3n) is 2.95. The molecule has 0 fully saturated rings. The van der Waals surface area contributed by atoms with E-state index in [1.54, 1.807) is 12.3 Å². The highest BCUT2D eigenvalue weighted by atomic mass is 32.1. The number of fused-ring (bicyclic) bond motifs is 1. The van der Waals surface area contributed by atoms with E-state index in [2.05, 4.69) is 30.2 Å². The van der Waals surface area contributed by atoms with Gasteiger partial charge in [-0.1, -0.05) is 0 Å². The molecule has 0 aliphatic rings. The van der Waals surface area contributed by atoms with Crippen LogP contribution in [0.15, 0.2) is 46.8 Å². The normalized spacial score (nSPS) is 11.0. The predicted molar refractivity (Wildman–Crippen MR) is 87.8 cm³/mol. The van der Waals surface area contributed by atoms with Crippen molar-refractivity contribution >= 4 is 45.0 Å². The van der Waals surface area contributed by atoms with Crippen LogP contribution in [0, 0.1) is 0 Å². The predicted octanol–water partition coefficient (Wildman–Crippen LogP) is 3.56. The number of azo groups is 1. The van der Waals surface area contributed by atoms with Crippen molar-refractivity contribution in [3.05, 3.63) is 36.5 Å². The van der Waals surface area contributed by atoms with Gasteiger partial charge in [0.25, 0.3) is 0 Å². The quantitative estimate of drug-likeness (QED) is 0.504. The van der Waals surface area contributed by atoms with Crippen molar-refractivity contribution in [2.24, 2.45) is 10.2 Å². The van der Waals surface area contributed by atoms with E-state index in [4.69, 9.17) is 0 Å². The van der Waals surface area contributed by atoms with Crippen LogP contribution < -0.4 is 10.6 Å². The number of amides is 2. The number of nitrogens with one attached hydrogen (secondary N) is 2. The van der Waals surface area contributed by atoms with E-state index < -0.39 is 6.03 Å². The van der Waals surface area contributed by atoms with Gasteiger partial charge in [-0.15, -0.1) is 10.2 Å². The maximum Gasteiger partial charge on any atom is 0.319 e. The lowest BCUT2D eigenvalue weighted by Gasteiger charge is -2.06. The Hall–Kier alpha value is -3.07. The molecule has 2 heterocycles. The lowest BCUT2D eigenvalue weighted by Crippen LogP contribution is -2.24. The van der Waals surface area contributed by atoms with Gasteiger partial charge in [0.1, 0.15) is 5.75 Å². The summed E-state index contributed by atoms with van der Waals surface area (Å²) >= 11 is 1.20. The molecule has 3 aromatic rings. The Labute approximate surface area is 135 Å². The van der Waals surface area contributed by atoms with E-state index >= 15 is 0 Å². The van der Waals surface area contributed by atoms with Crippen LogP contribution >= 0.6 is 11.5 Å². The van der Waals surface area contributed by atoms with Crippen LogP contribution in [-0.2, 0) is 0 Å². The summed E-state index contributed by atoms with van der Waals surface area (Å²) < 4.78 is 4.18. The maximum atomic E-state index is 11.3. The van der Waals surface area contributed by atoms with Gasteiger partial charge in [-0.25, -0.2) is 9.78 Å². The monoisotopic (exact) mass is 328 g/mol. The highest BCUT2D eigenvalue weighted by Crippen LogP contribution is 2.32. The Bertz CT molecular complexity index is 892. The Morgan fingerprint density at radius 1 is 1.30 bits per heavy atom. The third kappa shape index (κ3) is 3.24. The van der Waals surface area contributed by atoms with Gasteiger partial charge in [0.2, 0.25) is 0 Å². The highest BCUT2D eigenvalue weighted by molar-refractivity contribution is 7.11. The van der Waals surface area contributed by atoms with Gasteiger partial charge in [0, 0.05) is 13.2 Å². The average molecular weight is 328 g/mol. The lowest BCUT2D eigenvalue weighted by atomic mass is 10.2. The molecule has 3 rings (SSSR count). The van der Waals surface area contributed by atoms with Crippen LogP contribution in [0.5, 0.6) is 5.75 Å². The molecule has 0 radical (unpaired) electrons. The first-order valence-electron chi connectivity index (χ1n) is 6.61. The third-order valence-corrected chi connectivity index (χ3v) is 3.69. The van der Waals surface area contributed by atoms with Crippen LogP contribution in [-0.4, -0.2) is 27.5 Å².